The van der Waals surface area contributed by atoms with Gasteiger partial charge in [-0.1, -0.05) is 19.9 Å². The van der Waals surface area contributed by atoms with Crippen molar-refractivity contribution in [1.29, 1.82) is 0 Å². The summed E-state index contributed by atoms with van der Waals surface area (Å²) in [7, 11) is 0. The second-order valence-electron chi connectivity index (χ2n) is 3.52. The smallest absolute Gasteiger partial charge is 0.310 e. The van der Waals surface area contributed by atoms with E-state index in [1.807, 2.05) is 13.8 Å². The van der Waals surface area contributed by atoms with Crippen LogP contribution in [0.4, 0.5) is 5.69 Å². The number of aromatic hydroxyl groups is 1. The van der Waals surface area contributed by atoms with Crippen molar-refractivity contribution in [3.05, 3.63) is 33.9 Å². The summed E-state index contributed by atoms with van der Waals surface area (Å²) in [6.45, 7) is 4.10. The van der Waals surface area contributed by atoms with Gasteiger partial charge in [-0.2, -0.15) is 0 Å². The summed E-state index contributed by atoms with van der Waals surface area (Å²) in [6, 6.07) is 4.61. The number of benzene rings is 1. The number of rotatable bonds is 4. The van der Waals surface area contributed by atoms with E-state index in [1.165, 1.54) is 12.1 Å². The largest absolute Gasteiger partial charge is 0.502 e. The minimum atomic E-state index is -0.554. The maximum absolute atomic E-state index is 10.6. The third-order valence-electron chi connectivity index (χ3n) is 2.65. The van der Waals surface area contributed by atoms with E-state index < -0.39 is 4.92 Å². The van der Waals surface area contributed by atoms with Crippen LogP contribution in [0.15, 0.2) is 18.2 Å². The average molecular weight is 209 g/mol. The lowest BCUT2D eigenvalue weighted by Crippen LogP contribution is -1.97. The number of hydrogen-bond donors (Lipinski definition) is 1. The SMILES string of the molecule is CCC(CC)c1ccc(O)c([N+](=O)[O-])c1. The molecule has 1 aromatic rings. The lowest BCUT2D eigenvalue weighted by atomic mass is 9.93. The molecule has 0 saturated heterocycles. The van der Waals surface area contributed by atoms with E-state index in [0.29, 0.717) is 5.92 Å². The Balaban J connectivity index is 3.11. The minimum absolute atomic E-state index is 0.209. The predicted octanol–water partition coefficient (Wildman–Crippen LogP) is 3.20. The predicted molar refractivity (Wildman–Crippen MR) is 58.1 cm³/mol. The molecule has 0 heterocycles. The Morgan fingerprint density at radius 3 is 2.47 bits per heavy atom. The fourth-order valence-corrected chi connectivity index (χ4v) is 1.70. The molecule has 0 unspecified atom stereocenters. The molecule has 1 N–H and O–H groups in total. The van der Waals surface area contributed by atoms with E-state index in [-0.39, 0.29) is 11.4 Å². The van der Waals surface area contributed by atoms with E-state index in [1.54, 1.807) is 6.07 Å². The van der Waals surface area contributed by atoms with Gasteiger partial charge in [-0.15, -0.1) is 0 Å². The first-order valence-corrected chi connectivity index (χ1v) is 5.07. The maximum atomic E-state index is 10.6. The van der Waals surface area contributed by atoms with E-state index in [9.17, 15) is 15.2 Å². The molecule has 0 fully saturated rings. The highest BCUT2D eigenvalue weighted by atomic mass is 16.6. The summed E-state index contributed by atoms with van der Waals surface area (Å²) < 4.78 is 0. The van der Waals surface area contributed by atoms with Crippen LogP contribution in [-0.4, -0.2) is 10.0 Å². The highest BCUT2D eigenvalue weighted by Gasteiger charge is 2.16. The maximum Gasteiger partial charge on any atom is 0.310 e. The van der Waals surface area contributed by atoms with Gasteiger partial charge < -0.3 is 5.11 Å². The van der Waals surface area contributed by atoms with Crippen LogP contribution in [-0.2, 0) is 0 Å². The molecule has 0 saturated carbocycles. The molecule has 0 aromatic heterocycles. The van der Waals surface area contributed by atoms with Gasteiger partial charge in [0, 0.05) is 6.07 Å². The number of nitro groups is 1. The number of nitro benzene ring substituents is 1. The number of phenolic OH excluding ortho intramolecular Hbond substituents is 1. The zero-order valence-corrected chi connectivity index (χ0v) is 8.93. The molecule has 0 amide bonds. The van der Waals surface area contributed by atoms with Crippen molar-refractivity contribution in [2.75, 3.05) is 0 Å². The molecule has 1 rings (SSSR count). The Morgan fingerprint density at radius 1 is 1.40 bits per heavy atom. The van der Waals surface area contributed by atoms with Crippen LogP contribution >= 0.6 is 0 Å². The van der Waals surface area contributed by atoms with E-state index >= 15 is 0 Å². The van der Waals surface area contributed by atoms with Gasteiger partial charge >= 0.3 is 5.69 Å². The van der Waals surface area contributed by atoms with Gasteiger partial charge in [-0.05, 0) is 30.4 Å². The van der Waals surface area contributed by atoms with E-state index in [4.69, 9.17) is 0 Å². The fraction of sp³-hybridized carbons (Fsp3) is 0.455. The molecule has 0 aliphatic heterocycles. The molecule has 0 bridgehead atoms. The summed E-state index contributed by atoms with van der Waals surface area (Å²) in [4.78, 5) is 10.1. The van der Waals surface area contributed by atoms with Crippen molar-refractivity contribution >= 4 is 5.69 Å². The summed E-state index contributed by atoms with van der Waals surface area (Å²) in [5, 5.41) is 19.9. The van der Waals surface area contributed by atoms with Crippen molar-refractivity contribution in [2.24, 2.45) is 0 Å². The highest BCUT2D eigenvalue weighted by Crippen LogP contribution is 2.31. The molecular formula is C11H15NO3. The van der Waals surface area contributed by atoms with Crippen LogP contribution in [0.5, 0.6) is 5.75 Å². The molecule has 4 heteroatoms. The van der Waals surface area contributed by atoms with Crippen LogP contribution in [0.25, 0.3) is 0 Å². The number of phenols is 1. The molecular weight excluding hydrogens is 194 g/mol. The molecule has 0 radical (unpaired) electrons. The van der Waals surface area contributed by atoms with Gasteiger partial charge in [-0.25, -0.2) is 0 Å². The third kappa shape index (κ3) is 2.46. The van der Waals surface area contributed by atoms with Gasteiger partial charge in [0.1, 0.15) is 0 Å². The quantitative estimate of drug-likeness (QED) is 0.611. The lowest BCUT2D eigenvalue weighted by molar-refractivity contribution is -0.385. The monoisotopic (exact) mass is 209 g/mol. The van der Waals surface area contributed by atoms with Gasteiger partial charge in [0.2, 0.25) is 0 Å². The second kappa shape index (κ2) is 4.77. The normalized spacial score (nSPS) is 10.6. The molecule has 15 heavy (non-hydrogen) atoms. The zero-order chi connectivity index (χ0) is 11.4. The van der Waals surface area contributed by atoms with Crippen molar-refractivity contribution < 1.29 is 10.0 Å². The van der Waals surface area contributed by atoms with Gasteiger partial charge in [-0.3, -0.25) is 10.1 Å². The topological polar surface area (TPSA) is 63.4 Å². The van der Waals surface area contributed by atoms with Crippen LogP contribution in [0.2, 0.25) is 0 Å². The van der Waals surface area contributed by atoms with Crippen LogP contribution in [0.1, 0.15) is 38.2 Å². The fourth-order valence-electron chi connectivity index (χ4n) is 1.70. The Labute approximate surface area is 88.7 Å². The van der Waals surface area contributed by atoms with Gasteiger partial charge in [0.25, 0.3) is 0 Å². The zero-order valence-electron chi connectivity index (χ0n) is 8.93. The minimum Gasteiger partial charge on any atom is -0.502 e. The Kier molecular flexibility index (Phi) is 3.66. The number of hydrogen-bond acceptors (Lipinski definition) is 3. The van der Waals surface area contributed by atoms with E-state index in [2.05, 4.69) is 0 Å². The molecule has 82 valence electrons. The first-order chi connectivity index (χ1) is 7.10. The van der Waals surface area contributed by atoms with Crippen molar-refractivity contribution in [3.63, 3.8) is 0 Å². The Bertz CT molecular complexity index is 359. The number of nitrogens with zero attached hydrogens (tertiary/aromatic N) is 1. The lowest BCUT2D eigenvalue weighted by Gasteiger charge is -2.12. The molecule has 0 aliphatic carbocycles. The van der Waals surface area contributed by atoms with Gasteiger partial charge in [0.15, 0.2) is 5.75 Å². The molecule has 1 aromatic carbocycles. The highest BCUT2D eigenvalue weighted by molar-refractivity contribution is 5.48. The second-order valence-corrected chi connectivity index (χ2v) is 3.52. The first-order valence-electron chi connectivity index (χ1n) is 5.07. The molecule has 0 aliphatic rings. The van der Waals surface area contributed by atoms with Crippen LogP contribution in [0, 0.1) is 10.1 Å². The Morgan fingerprint density at radius 2 is 2.00 bits per heavy atom. The van der Waals surface area contributed by atoms with E-state index in [0.717, 1.165) is 18.4 Å². The summed E-state index contributed by atoms with van der Waals surface area (Å²) >= 11 is 0. The average Bonchev–Trinajstić information content (AvgIpc) is 2.21. The molecule has 0 spiro atoms. The van der Waals surface area contributed by atoms with Crippen molar-refractivity contribution in [3.8, 4) is 5.75 Å². The van der Waals surface area contributed by atoms with Crippen LogP contribution < -0.4 is 0 Å². The summed E-state index contributed by atoms with van der Waals surface area (Å²) in [5.41, 5.74) is 0.712. The standard InChI is InChI=1S/C11H15NO3/c1-3-8(4-2)9-5-6-11(13)10(7-9)12(14)15/h5-8,13H,3-4H2,1-2H3. The molecule has 4 nitrogen and oxygen atoms in total. The van der Waals surface area contributed by atoms with Crippen molar-refractivity contribution in [2.45, 2.75) is 32.6 Å². The molecule has 0 atom stereocenters. The Hall–Kier alpha value is -1.58. The third-order valence-corrected chi connectivity index (χ3v) is 2.65. The summed E-state index contributed by atoms with van der Waals surface area (Å²) in [5.74, 6) is 0.0546. The summed E-state index contributed by atoms with van der Waals surface area (Å²) in [6.07, 6.45) is 1.89. The van der Waals surface area contributed by atoms with Gasteiger partial charge in [0.05, 0.1) is 4.92 Å². The first kappa shape index (κ1) is 11.5. The van der Waals surface area contributed by atoms with Crippen molar-refractivity contribution in [1.82, 2.24) is 0 Å². The van der Waals surface area contributed by atoms with Crippen LogP contribution in [0.3, 0.4) is 0 Å².